The normalized spacial score (nSPS) is 11.7. The third kappa shape index (κ3) is 4.63. The fourth-order valence-electron chi connectivity index (χ4n) is 3.03. The first-order chi connectivity index (χ1) is 13.9. The van der Waals surface area contributed by atoms with Crippen LogP contribution in [0, 0.1) is 0 Å². The van der Waals surface area contributed by atoms with Gasteiger partial charge in [0, 0.05) is 15.9 Å². The Kier molecular flexibility index (Phi) is 6.29. The molecule has 0 fully saturated rings. The van der Waals surface area contributed by atoms with Crippen LogP contribution in [0.2, 0.25) is 5.02 Å². The maximum Gasteiger partial charge on any atom is 0.307 e. The number of carbonyl (C=O) groups excluding carboxylic acids is 2. The highest BCUT2D eigenvalue weighted by atomic mass is 35.5. The molecule has 2 N–H and O–H groups in total. The number of hydrogen-bond acceptors (Lipinski definition) is 5. The summed E-state index contributed by atoms with van der Waals surface area (Å²) in [5, 5.41) is 4.28. The summed E-state index contributed by atoms with van der Waals surface area (Å²) < 4.78 is 15.4. The summed E-state index contributed by atoms with van der Waals surface area (Å²) in [6.45, 7) is 0. The molecule has 8 heteroatoms. The van der Waals surface area contributed by atoms with Crippen LogP contribution in [0.3, 0.4) is 0 Å². The first-order valence-corrected chi connectivity index (χ1v) is 9.20. The lowest BCUT2D eigenvalue weighted by molar-refractivity contribution is -0.141. The van der Waals surface area contributed by atoms with Gasteiger partial charge in [0.1, 0.15) is 5.69 Å². The summed E-state index contributed by atoms with van der Waals surface area (Å²) in [6.07, 6.45) is -0.0379. The van der Waals surface area contributed by atoms with E-state index < -0.39 is 12.0 Å². The number of benzene rings is 2. The fourth-order valence-corrected chi connectivity index (χ4v) is 3.21. The molecule has 1 unspecified atom stereocenters. The van der Waals surface area contributed by atoms with Gasteiger partial charge in [0.05, 0.1) is 33.8 Å². The van der Waals surface area contributed by atoms with Crippen molar-refractivity contribution in [3.05, 3.63) is 58.7 Å². The maximum absolute atomic E-state index is 12.8. The number of esters is 1. The molecule has 7 nitrogen and oxygen atoms in total. The zero-order valence-electron chi connectivity index (χ0n) is 16.2. The highest BCUT2D eigenvalue weighted by Crippen LogP contribution is 2.31. The molecule has 0 saturated heterocycles. The Morgan fingerprint density at radius 1 is 1.03 bits per heavy atom. The topological polar surface area (TPSA) is 89.7 Å². The van der Waals surface area contributed by atoms with Gasteiger partial charge >= 0.3 is 5.97 Å². The van der Waals surface area contributed by atoms with Crippen LogP contribution in [0.25, 0.3) is 10.9 Å². The average Bonchev–Trinajstić information content (AvgIpc) is 3.15. The molecule has 0 spiro atoms. The Bertz CT molecular complexity index is 1050. The van der Waals surface area contributed by atoms with E-state index >= 15 is 0 Å². The van der Waals surface area contributed by atoms with Gasteiger partial charge in [-0.05, 0) is 42.0 Å². The van der Waals surface area contributed by atoms with Crippen molar-refractivity contribution in [3.63, 3.8) is 0 Å². The number of aromatic nitrogens is 1. The standard InChI is InChI=1S/C21H21ClN2O5/c1-27-18-7-4-12(10-19(18)28-2)16(11-20(25)29-3)24-21(26)17-9-13-8-14(22)5-6-15(13)23-17/h4-10,16,23H,11H2,1-3H3,(H,24,26). The Morgan fingerprint density at radius 2 is 1.79 bits per heavy atom. The summed E-state index contributed by atoms with van der Waals surface area (Å²) in [7, 11) is 4.36. The van der Waals surface area contributed by atoms with Crippen molar-refractivity contribution in [3.8, 4) is 11.5 Å². The van der Waals surface area contributed by atoms with Crippen LogP contribution in [0.1, 0.15) is 28.5 Å². The number of fused-ring (bicyclic) bond motifs is 1. The van der Waals surface area contributed by atoms with Crippen LogP contribution in [0.15, 0.2) is 42.5 Å². The highest BCUT2D eigenvalue weighted by molar-refractivity contribution is 6.31. The Balaban J connectivity index is 1.90. The molecule has 29 heavy (non-hydrogen) atoms. The van der Waals surface area contributed by atoms with E-state index in [2.05, 4.69) is 10.3 Å². The molecule has 1 atom stereocenters. The van der Waals surface area contributed by atoms with Gasteiger partial charge < -0.3 is 24.5 Å². The number of carbonyl (C=O) groups is 2. The van der Waals surface area contributed by atoms with Crippen LogP contribution >= 0.6 is 11.6 Å². The number of ether oxygens (including phenoxy) is 3. The molecule has 0 aliphatic heterocycles. The Labute approximate surface area is 172 Å². The van der Waals surface area contributed by atoms with Crippen LogP contribution < -0.4 is 14.8 Å². The third-order valence-corrected chi connectivity index (χ3v) is 4.78. The molecular formula is C21H21ClN2O5. The van der Waals surface area contributed by atoms with E-state index in [0.717, 1.165) is 10.9 Å². The average molecular weight is 417 g/mol. The zero-order valence-corrected chi connectivity index (χ0v) is 17.0. The minimum Gasteiger partial charge on any atom is -0.493 e. The van der Waals surface area contributed by atoms with Crippen molar-refractivity contribution < 1.29 is 23.8 Å². The van der Waals surface area contributed by atoms with Gasteiger partial charge in [-0.25, -0.2) is 0 Å². The van der Waals surface area contributed by atoms with Crippen molar-refractivity contribution in [1.82, 2.24) is 10.3 Å². The van der Waals surface area contributed by atoms with E-state index in [1.54, 1.807) is 42.5 Å². The molecule has 3 aromatic rings. The summed E-state index contributed by atoms with van der Waals surface area (Å²) in [6, 6.07) is 11.6. The minimum absolute atomic E-state index is 0.0379. The number of hydrogen-bond donors (Lipinski definition) is 2. The summed E-state index contributed by atoms with van der Waals surface area (Å²) in [5.74, 6) is 0.232. The number of H-pyrrole nitrogens is 1. The summed E-state index contributed by atoms with van der Waals surface area (Å²) >= 11 is 6.01. The number of amides is 1. The lowest BCUT2D eigenvalue weighted by Gasteiger charge is -2.19. The Morgan fingerprint density at radius 3 is 2.48 bits per heavy atom. The van der Waals surface area contributed by atoms with E-state index in [1.807, 2.05) is 0 Å². The molecule has 0 saturated carbocycles. The number of halogens is 1. The molecule has 152 valence electrons. The lowest BCUT2D eigenvalue weighted by Crippen LogP contribution is -2.30. The third-order valence-electron chi connectivity index (χ3n) is 4.54. The molecule has 0 aliphatic rings. The first kappa shape index (κ1) is 20.5. The second-order valence-corrected chi connectivity index (χ2v) is 6.77. The summed E-state index contributed by atoms with van der Waals surface area (Å²) in [4.78, 5) is 27.8. The smallest absolute Gasteiger partial charge is 0.307 e. The van der Waals surface area contributed by atoms with Crippen LogP contribution in [-0.2, 0) is 9.53 Å². The fraction of sp³-hybridized carbons (Fsp3) is 0.238. The molecular weight excluding hydrogens is 396 g/mol. The highest BCUT2D eigenvalue weighted by Gasteiger charge is 2.22. The second-order valence-electron chi connectivity index (χ2n) is 6.34. The monoisotopic (exact) mass is 416 g/mol. The van der Waals surface area contributed by atoms with Crippen molar-refractivity contribution >= 4 is 34.4 Å². The number of nitrogens with one attached hydrogen (secondary N) is 2. The van der Waals surface area contributed by atoms with Crippen LogP contribution in [0.5, 0.6) is 11.5 Å². The van der Waals surface area contributed by atoms with Gasteiger partial charge in [-0.15, -0.1) is 0 Å². The number of rotatable bonds is 7. The predicted molar refractivity (Wildman–Crippen MR) is 110 cm³/mol. The van der Waals surface area contributed by atoms with E-state index in [4.69, 9.17) is 25.8 Å². The SMILES string of the molecule is COC(=O)CC(NC(=O)c1cc2cc(Cl)ccc2[nH]1)c1ccc(OC)c(OC)c1. The van der Waals surface area contributed by atoms with Crippen molar-refractivity contribution in [1.29, 1.82) is 0 Å². The van der Waals surface area contributed by atoms with Crippen LogP contribution in [0.4, 0.5) is 0 Å². The van der Waals surface area contributed by atoms with Crippen molar-refractivity contribution in [2.24, 2.45) is 0 Å². The molecule has 1 amide bonds. The van der Waals surface area contributed by atoms with E-state index in [1.165, 1.54) is 21.3 Å². The van der Waals surface area contributed by atoms with Gasteiger partial charge in [-0.3, -0.25) is 9.59 Å². The van der Waals surface area contributed by atoms with Gasteiger partial charge in [0.2, 0.25) is 0 Å². The summed E-state index contributed by atoms with van der Waals surface area (Å²) in [5.41, 5.74) is 1.83. The largest absolute Gasteiger partial charge is 0.493 e. The molecule has 1 heterocycles. The quantitative estimate of drug-likeness (QED) is 0.570. The molecule has 0 radical (unpaired) electrons. The molecule has 3 rings (SSSR count). The van der Waals surface area contributed by atoms with Crippen molar-refractivity contribution in [2.75, 3.05) is 21.3 Å². The molecule has 0 bridgehead atoms. The maximum atomic E-state index is 12.8. The van der Waals surface area contributed by atoms with E-state index in [9.17, 15) is 9.59 Å². The van der Waals surface area contributed by atoms with E-state index in [0.29, 0.717) is 27.8 Å². The zero-order chi connectivity index (χ0) is 21.0. The lowest BCUT2D eigenvalue weighted by atomic mass is 10.0. The van der Waals surface area contributed by atoms with Gasteiger partial charge in [-0.2, -0.15) is 0 Å². The van der Waals surface area contributed by atoms with Gasteiger partial charge in [0.25, 0.3) is 5.91 Å². The van der Waals surface area contributed by atoms with Gasteiger partial charge in [0.15, 0.2) is 11.5 Å². The number of methoxy groups -OCH3 is 3. The van der Waals surface area contributed by atoms with Crippen molar-refractivity contribution in [2.45, 2.75) is 12.5 Å². The first-order valence-electron chi connectivity index (χ1n) is 8.83. The van der Waals surface area contributed by atoms with Crippen LogP contribution in [-0.4, -0.2) is 38.2 Å². The molecule has 1 aromatic heterocycles. The Hall–Kier alpha value is -3.19. The van der Waals surface area contributed by atoms with Gasteiger partial charge in [-0.1, -0.05) is 17.7 Å². The minimum atomic E-state index is -0.621. The second kappa shape index (κ2) is 8.87. The predicted octanol–water partition coefficient (Wildman–Crippen LogP) is 3.87. The molecule has 2 aromatic carbocycles. The molecule has 0 aliphatic carbocycles. The number of aromatic amines is 1. The van der Waals surface area contributed by atoms with E-state index in [-0.39, 0.29) is 12.3 Å².